The molecule has 9 heteroatoms. The average Bonchev–Trinajstić information content (AvgIpc) is 2.55. The summed E-state index contributed by atoms with van der Waals surface area (Å²) in [6, 6.07) is 8.65. The second-order valence-corrected chi connectivity index (χ2v) is 7.88. The standard InChI is InChI=1S/C17H14Cl2N4O2S/c1-17(2)10(6-20)15(25)23-16(11(17)7-21)26-8-14(24)22-13-4-3-9(18)5-12(13)19/h3-5,10H,8H2,1-2H3,(H,22,24)(H,23,25)/t10-/m1/s1. The maximum atomic E-state index is 12.2. The minimum atomic E-state index is -0.969. The summed E-state index contributed by atoms with van der Waals surface area (Å²) in [4.78, 5) is 24.3. The number of nitrogens with one attached hydrogen (secondary N) is 2. The lowest BCUT2D eigenvalue weighted by molar-refractivity contribution is -0.125. The van der Waals surface area contributed by atoms with E-state index in [2.05, 4.69) is 10.6 Å². The van der Waals surface area contributed by atoms with Gasteiger partial charge in [-0.15, -0.1) is 0 Å². The SMILES string of the molecule is CC1(C)C(C#N)=C(SCC(=O)Nc2ccc(Cl)cc2Cl)NC(=O)[C@H]1C#N. The number of carbonyl (C=O) groups is 2. The van der Waals surface area contributed by atoms with Crippen LogP contribution in [0.15, 0.2) is 28.8 Å². The molecule has 2 N–H and O–H groups in total. The van der Waals surface area contributed by atoms with Crippen molar-refractivity contribution in [3.05, 3.63) is 38.8 Å². The van der Waals surface area contributed by atoms with Gasteiger partial charge in [-0.3, -0.25) is 9.59 Å². The van der Waals surface area contributed by atoms with E-state index in [0.717, 1.165) is 11.8 Å². The fraction of sp³-hybridized carbons (Fsp3) is 0.294. The highest BCUT2D eigenvalue weighted by Crippen LogP contribution is 2.41. The molecule has 0 saturated carbocycles. The van der Waals surface area contributed by atoms with Crippen molar-refractivity contribution >= 4 is 52.5 Å². The van der Waals surface area contributed by atoms with Crippen molar-refractivity contribution in [2.75, 3.05) is 11.1 Å². The average molecular weight is 409 g/mol. The van der Waals surface area contributed by atoms with Gasteiger partial charge < -0.3 is 10.6 Å². The minimum Gasteiger partial charge on any atom is -0.324 e. The number of allylic oxidation sites excluding steroid dienone is 1. The summed E-state index contributed by atoms with van der Waals surface area (Å²) in [6.07, 6.45) is 0. The number of benzene rings is 1. The highest BCUT2D eigenvalue weighted by Gasteiger charge is 2.44. The van der Waals surface area contributed by atoms with Crippen molar-refractivity contribution in [3.63, 3.8) is 0 Å². The number of rotatable bonds is 4. The zero-order chi connectivity index (χ0) is 19.5. The third-order valence-corrected chi connectivity index (χ3v) is 5.43. The van der Waals surface area contributed by atoms with Crippen LogP contribution >= 0.6 is 35.0 Å². The maximum Gasteiger partial charge on any atom is 0.243 e. The van der Waals surface area contributed by atoms with Crippen LogP contribution in [0.25, 0.3) is 0 Å². The molecule has 0 bridgehead atoms. The summed E-state index contributed by atoms with van der Waals surface area (Å²) in [5, 5.41) is 24.9. The molecule has 2 amide bonds. The molecule has 0 unspecified atom stereocenters. The highest BCUT2D eigenvalue weighted by atomic mass is 35.5. The molecule has 1 aliphatic rings. The van der Waals surface area contributed by atoms with E-state index in [1.807, 2.05) is 12.1 Å². The summed E-state index contributed by atoms with van der Waals surface area (Å²) >= 11 is 12.8. The van der Waals surface area contributed by atoms with Gasteiger partial charge in [-0.05, 0) is 18.2 Å². The zero-order valence-corrected chi connectivity index (χ0v) is 16.2. The lowest BCUT2D eigenvalue weighted by Gasteiger charge is -2.34. The van der Waals surface area contributed by atoms with Gasteiger partial charge in [-0.2, -0.15) is 10.5 Å². The largest absolute Gasteiger partial charge is 0.324 e. The molecule has 26 heavy (non-hydrogen) atoms. The van der Waals surface area contributed by atoms with Gasteiger partial charge in [-0.25, -0.2) is 0 Å². The molecule has 1 aliphatic heterocycles. The molecule has 6 nitrogen and oxygen atoms in total. The van der Waals surface area contributed by atoms with Gasteiger partial charge in [-0.1, -0.05) is 48.8 Å². The fourth-order valence-corrected chi connectivity index (χ4v) is 3.88. The van der Waals surface area contributed by atoms with E-state index >= 15 is 0 Å². The third kappa shape index (κ3) is 4.13. The Hall–Kier alpha value is -2.19. The lowest BCUT2D eigenvalue weighted by Crippen LogP contribution is -2.44. The van der Waals surface area contributed by atoms with E-state index in [1.54, 1.807) is 26.0 Å². The Balaban J connectivity index is 2.13. The van der Waals surface area contributed by atoms with Crippen molar-refractivity contribution in [1.82, 2.24) is 5.32 Å². The molecule has 0 aliphatic carbocycles. The summed E-state index contributed by atoms with van der Waals surface area (Å²) in [5.74, 6) is -1.87. The van der Waals surface area contributed by atoms with E-state index in [1.165, 1.54) is 6.07 Å². The number of hydrogen-bond donors (Lipinski definition) is 2. The molecule has 0 saturated heterocycles. The first-order valence-electron chi connectivity index (χ1n) is 7.43. The molecule has 0 fully saturated rings. The smallest absolute Gasteiger partial charge is 0.243 e. The topological polar surface area (TPSA) is 106 Å². The first-order chi connectivity index (χ1) is 12.2. The molecule has 0 radical (unpaired) electrons. The van der Waals surface area contributed by atoms with E-state index in [0.29, 0.717) is 15.7 Å². The summed E-state index contributed by atoms with van der Waals surface area (Å²) < 4.78 is 0. The Labute approximate surface area is 165 Å². The lowest BCUT2D eigenvalue weighted by atomic mass is 9.72. The van der Waals surface area contributed by atoms with Crippen LogP contribution in [0.3, 0.4) is 0 Å². The van der Waals surface area contributed by atoms with Crippen LogP contribution in [0, 0.1) is 34.0 Å². The minimum absolute atomic E-state index is 0.0486. The quantitative estimate of drug-likeness (QED) is 0.789. The monoisotopic (exact) mass is 408 g/mol. The fourth-order valence-electron chi connectivity index (χ4n) is 2.45. The van der Waals surface area contributed by atoms with Gasteiger partial charge in [0.15, 0.2) is 0 Å². The van der Waals surface area contributed by atoms with Gasteiger partial charge in [0.1, 0.15) is 5.92 Å². The van der Waals surface area contributed by atoms with Gasteiger partial charge in [0.2, 0.25) is 11.8 Å². The van der Waals surface area contributed by atoms with Crippen LogP contribution in [0.2, 0.25) is 10.0 Å². The van der Waals surface area contributed by atoms with Crippen LogP contribution in [0.4, 0.5) is 5.69 Å². The van der Waals surface area contributed by atoms with E-state index in [4.69, 9.17) is 23.2 Å². The molecule has 0 spiro atoms. The van der Waals surface area contributed by atoms with Crippen LogP contribution in [-0.4, -0.2) is 17.6 Å². The van der Waals surface area contributed by atoms with E-state index < -0.39 is 17.2 Å². The van der Waals surface area contributed by atoms with Crippen molar-refractivity contribution in [2.24, 2.45) is 11.3 Å². The highest BCUT2D eigenvalue weighted by molar-refractivity contribution is 8.03. The Kier molecular flexibility index (Phi) is 6.20. The predicted octanol–water partition coefficient (Wildman–Crippen LogP) is 3.70. The van der Waals surface area contributed by atoms with Crippen molar-refractivity contribution in [2.45, 2.75) is 13.8 Å². The number of anilines is 1. The summed E-state index contributed by atoms with van der Waals surface area (Å²) in [7, 11) is 0. The summed E-state index contributed by atoms with van der Waals surface area (Å²) in [5.41, 5.74) is -0.260. The second kappa shape index (κ2) is 8.01. The number of nitriles is 2. The second-order valence-electron chi connectivity index (χ2n) is 6.05. The molecule has 0 aromatic heterocycles. The first-order valence-corrected chi connectivity index (χ1v) is 9.18. The van der Waals surface area contributed by atoms with Crippen LogP contribution in [0.5, 0.6) is 0 Å². The number of amides is 2. The Morgan fingerprint density at radius 1 is 1.38 bits per heavy atom. The predicted molar refractivity (Wildman–Crippen MR) is 101 cm³/mol. The number of carbonyl (C=O) groups excluding carboxylic acids is 2. The third-order valence-electron chi connectivity index (χ3n) is 3.89. The van der Waals surface area contributed by atoms with Gasteiger partial charge >= 0.3 is 0 Å². The molecule has 1 aromatic rings. The van der Waals surface area contributed by atoms with Gasteiger partial charge in [0.05, 0.1) is 39.2 Å². The van der Waals surface area contributed by atoms with E-state index in [9.17, 15) is 20.1 Å². The normalized spacial score (nSPS) is 18.5. The molecular formula is C17H14Cl2N4O2S. The molecule has 1 heterocycles. The van der Waals surface area contributed by atoms with Crippen LogP contribution in [0.1, 0.15) is 13.8 Å². The van der Waals surface area contributed by atoms with Crippen molar-refractivity contribution < 1.29 is 9.59 Å². The zero-order valence-electron chi connectivity index (χ0n) is 13.9. The molecule has 1 atom stereocenters. The van der Waals surface area contributed by atoms with Gasteiger partial charge in [0.25, 0.3) is 0 Å². The maximum absolute atomic E-state index is 12.2. The number of halogens is 2. The Bertz CT molecular complexity index is 884. The number of hydrogen-bond acceptors (Lipinski definition) is 5. The Morgan fingerprint density at radius 3 is 2.65 bits per heavy atom. The molecular weight excluding hydrogens is 395 g/mol. The van der Waals surface area contributed by atoms with Crippen molar-refractivity contribution in [1.29, 1.82) is 10.5 Å². The summed E-state index contributed by atoms with van der Waals surface area (Å²) in [6.45, 7) is 3.32. The molecule has 2 rings (SSSR count). The molecule has 1 aromatic carbocycles. The molecule has 134 valence electrons. The van der Waals surface area contributed by atoms with Crippen molar-refractivity contribution in [3.8, 4) is 12.1 Å². The van der Waals surface area contributed by atoms with Crippen LogP contribution < -0.4 is 10.6 Å². The van der Waals surface area contributed by atoms with Crippen LogP contribution in [-0.2, 0) is 9.59 Å². The van der Waals surface area contributed by atoms with Gasteiger partial charge in [0, 0.05) is 10.4 Å². The first kappa shape index (κ1) is 20.1. The van der Waals surface area contributed by atoms with E-state index in [-0.39, 0.29) is 22.3 Å². The number of nitrogens with zero attached hydrogens (tertiary/aromatic N) is 2. The Morgan fingerprint density at radius 2 is 2.08 bits per heavy atom. The number of thioether (sulfide) groups is 1.